The van der Waals surface area contributed by atoms with Gasteiger partial charge in [0.2, 0.25) is 0 Å². The summed E-state index contributed by atoms with van der Waals surface area (Å²) in [4.78, 5) is 0. The van der Waals surface area contributed by atoms with E-state index < -0.39 is 6.10 Å². The summed E-state index contributed by atoms with van der Waals surface area (Å²) < 4.78 is 6.04. The topological polar surface area (TPSA) is 53.0 Å². The van der Waals surface area contributed by atoms with Gasteiger partial charge in [0, 0.05) is 18.4 Å². The lowest BCUT2D eigenvalue weighted by atomic mass is 9.59. The van der Waals surface area contributed by atoms with Crippen molar-refractivity contribution < 1.29 is 14.9 Å². The van der Waals surface area contributed by atoms with Crippen molar-refractivity contribution in [2.75, 3.05) is 6.61 Å². The van der Waals surface area contributed by atoms with E-state index in [-0.39, 0.29) is 18.1 Å². The molecule has 1 heterocycles. The summed E-state index contributed by atoms with van der Waals surface area (Å²) in [7, 11) is 0. The molecule has 28 heavy (non-hydrogen) atoms. The first-order chi connectivity index (χ1) is 13.2. The molecule has 0 spiro atoms. The van der Waals surface area contributed by atoms with Crippen molar-refractivity contribution in [2.45, 2.75) is 72.2 Å². The average Bonchev–Trinajstić information content (AvgIpc) is 3.33. The Morgan fingerprint density at radius 3 is 2.75 bits per heavy atom. The van der Waals surface area contributed by atoms with Gasteiger partial charge in [-0.05, 0) is 70.8 Å². The second-order valence-corrected chi connectivity index (χ2v) is 9.59. The second-order valence-electron chi connectivity index (χ2n) is 9.59. The van der Waals surface area contributed by atoms with Crippen LogP contribution in [0.1, 0.15) is 54.4 Å². The Morgan fingerprint density at radius 1 is 1.39 bits per heavy atom. The molecule has 2 N–H and O–H groups in total. The SMILES string of the molecule is C/C=C(\C)[C@@H]1C(C)=C[C@H]2C[C@@]3(C)O[C@H]3C[C@@H]2[C@@H]1/C=C/C=C(\C)[C@@H](O)[C@@H](C)CO. The zero-order valence-corrected chi connectivity index (χ0v) is 18.4. The van der Waals surface area contributed by atoms with Gasteiger partial charge >= 0.3 is 0 Å². The highest BCUT2D eigenvalue weighted by molar-refractivity contribution is 5.30. The molecule has 0 aromatic rings. The third kappa shape index (κ3) is 4.08. The molecule has 0 amide bonds. The Kier molecular flexibility index (Phi) is 6.38. The van der Waals surface area contributed by atoms with Crippen molar-refractivity contribution in [3.8, 4) is 0 Å². The number of hydrogen-bond donors (Lipinski definition) is 2. The van der Waals surface area contributed by atoms with E-state index in [2.05, 4.69) is 52.0 Å². The molecular formula is C25H38O3. The third-order valence-corrected chi connectivity index (χ3v) is 7.49. The van der Waals surface area contributed by atoms with Crippen LogP contribution in [0.2, 0.25) is 0 Å². The van der Waals surface area contributed by atoms with Crippen molar-refractivity contribution in [1.82, 2.24) is 0 Å². The van der Waals surface area contributed by atoms with Crippen LogP contribution in [0.3, 0.4) is 0 Å². The third-order valence-electron chi connectivity index (χ3n) is 7.49. The Morgan fingerprint density at radius 2 is 2.11 bits per heavy atom. The summed E-state index contributed by atoms with van der Waals surface area (Å²) in [5.74, 6) is 1.95. The van der Waals surface area contributed by atoms with E-state index >= 15 is 0 Å². The summed E-state index contributed by atoms with van der Waals surface area (Å²) in [5, 5.41) is 19.6. The standard InChI is InChI=1S/C25H38O3/c1-7-15(2)23-17(4)11-19-13-25(6)22(28-25)12-21(19)20(23)10-8-9-16(3)24(27)18(5)14-26/h7-11,18-24,26-27H,12-14H2,1-6H3/b10-8+,15-7+,16-9+/t18-,19-,20-,21-,22-,23+,24+,25+/m0/s1. The van der Waals surface area contributed by atoms with Crippen LogP contribution >= 0.6 is 0 Å². The van der Waals surface area contributed by atoms with Gasteiger partial charge in [-0.15, -0.1) is 0 Å². The maximum atomic E-state index is 10.3. The minimum absolute atomic E-state index is 0.00481. The maximum absolute atomic E-state index is 10.3. The molecule has 1 saturated heterocycles. The second kappa shape index (κ2) is 8.30. The lowest BCUT2D eigenvalue weighted by Gasteiger charge is -2.44. The molecule has 0 radical (unpaired) electrons. The van der Waals surface area contributed by atoms with Gasteiger partial charge in [0.15, 0.2) is 0 Å². The smallest absolute Gasteiger partial charge is 0.0926 e. The minimum Gasteiger partial charge on any atom is -0.396 e. The van der Waals surface area contributed by atoms with Gasteiger partial charge < -0.3 is 14.9 Å². The molecule has 0 unspecified atom stereocenters. The average molecular weight is 387 g/mol. The van der Waals surface area contributed by atoms with Gasteiger partial charge in [0.25, 0.3) is 0 Å². The lowest BCUT2D eigenvalue weighted by molar-refractivity contribution is 0.103. The molecule has 3 rings (SSSR count). The van der Waals surface area contributed by atoms with E-state index in [1.807, 2.05) is 19.9 Å². The molecule has 8 atom stereocenters. The fourth-order valence-corrected chi connectivity index (χ4v) is 5.51. The number of epoxide rings is 1. The normalized spacial score (nSPS) is 40.6. The number of aliphatic hydroxyl groups is 2. The minimum atomic E-state index is -0.598. The van der Waals surface area contributed by atoms with Gasteiger partial charge in [-0.2, -0.15) is 0 Å². The maximum Gasteiger partial charge on any atom is 0.0926 e. The first kappa shape index (κ1) is 21.5. The number of hydrogen-bond acceptors (Lipinski definition) is 3. The van der Waals surface area contributed by atoms with Gasteiger partial charge in [-0.25, -0.2) is 0 Å². The van der Waals surface area contributed by atoms with E-state index in [1.54, 1.807) is 0 Å². The summed E-state index contributed by atoms with van der Waals surface area (Å²) in [6, 6.07) is 0. The van der Waals surface area contributed by atoms with E-state index in [0.29, 0.717) is 29.8 Å². The summed E-state index contributed by atoms with van der Waals surface area (Å²) in [6.07, 6.45) is 13.4. The first-order valence-electron chi connectivity index (χ1n) is 10.8. The Bertz CT molecular complexity index is 701. The van der Waals surface area contributed by atoms with E-state index in [1.165, 1.54) is 11.1 Å². The number of aliphatic hydroxyl groups excluding tert-OH is 2. The van der Waals surface area contributed by atoms with Crippen LogP contribution in [0, 0.1) is 29.6 Å². The Labute approximate surface area is 170 Å². The zero-order valence-electron chi connectivity index (χ0n) is 18.4. The van der Waals surface area contributed by atoms with Crippen LogP contribution < -0.4 is 0 Å². The van der Waals surface area contributed by atoms with E-state index in [0.717, 1.165) is 18.4 Å². The van der Waals surface area contributed by atoms with Crippen molar-refractivity contribution in [2.24, 2.45) is 29.6 Å². The Hall–Kier alpha value is -1.16. The van der Waals surface area contributed by atoms with Crippen LogP contribution in [0.15, 0.2) is 47.1 Å². The highest BCUT2D eigenvalue weighted by atomic mass is 16.6. The summed E-state index contributed by atoms with van der Waals surface area (Å²) >= 11 is 0. The van der Waals surface area contributed by atoms with Crippen molar-refractivity contribution in [3.63, 3.8) is 0 Å². The highest BCUT2D eigenvalue weighted by Crippen LogP contribution is 2.57. The van der Waals surface area contributed by atoms with Crippen LogP contribution in [-0.4, -0.2) is 34.6 Å². The molecule has 0 aromatic carbocycles. The van der Waals surface area contributed by atoms with Crippen LogP contribution in [0.4, 0.5) is 0 Å². The molecule has 2 fully saturated rings. The quantitative estimate of drug-likeness (QED) is 0.391. The molecule has 3 aliphatic rings. The largest absolute Gasteiger partial charge is 0.396 e. The van der Waals surface area contributed by atoms with Gasteiger partial charge in [0.1, 0.15) is 0 Å². The van der Waals surface area contributed by atoms with E-state index in [9.17, 15) is 10.2 Å². The molecular weight excluding hydrogens is 348 g/mol. The monoisotopic (exact) mass is 386 g/mol. The van der Waals surface area contributed by atoms with Crippen LogP contribution in [-0.2, 0) is 4.74 Å². The van der Waals surface area contributed by atoms with Crippen molar-refractivity contribution >= 4 is 0 Å². The number of fused-ring (bicyclic) bond motifs is 2. The molecule has 0 bridgehead atoms. The molecule has 156 valence electrons. The number of allylic oxidation sites excluding steroid dienone is 7. The molecule has 0 aromatic heterocycles. The van der Waals surface area contributed by atoms with Gasteiger partial charge in [-0.3, -0.25) is 0 Å². The Balaban J connectivity index is 1.85. The van der Waals surface area contributed by atoms with Gasteiger partial charge in [0.05, 0.1) is 17.8 Å². The fraction of sp³-hybridized carbons (Fsp3) is 0.680. The highest BCUT2D eigenvalue weighted by Gasteiger charge is 2.59. The van der Waals surface area contributed by atoms with Gasteiger partial charge in [-0.1, -0.05) is 48.5 Å². The predicted molar refractivity (Wildman–Crippen MR) is 115 cm³/mol. The van der Waals surface area contributed by atoms with Crippen molar-refractivity contribution in [3.05, 3.63) is 47.1 Å². The lowest BCUT2D eigenvalue weighted by Crippen LogP contribution is -2.39. The molecule has 1 aliphatic heterocycles. The molecule has 2 aliphatic carbocycles. The van der Waals surface area contributed by atoms with E-state index in [4.69, 9.17) is 4.74 Å². The first-order valence-corrected chi connectivity index (χ1v) is 10.8. The number of rotatable bonds is 6. The molecule has 3 heteroatoms. The van der Waals surface area contributed by atoms with Crippen LogP contribution in [0.5, 0.6) is 0 Å². The number of ether oxygens (including phenoxy) is 1. The summed E-state index contributed by atoms with van der Waals surface area (Å²) in [5.41, 5.74) is 3.92. The predicted octanol–water partition coefficient (Wildman–Crippen LogP) is 4.82. The molecule has 3 nitrogen and oxygen atoms in total. The summed E-state index contributed by atoms with van der Waals surface area (Å²) in [6.45, 7) is 12.7. The van der Waals surface area contributed by atoms with Crippen LogP contribution in [0.25, 0.3) is 0 Å². The fourth-order valence-electron chi connectivity index (χ4n) is 5.51. The molecule has 1 saturated carbocycles. The van der Waals surface area contributed by atoms with Crippen molar-refractivity contribution in [1.29, 1.82) is 0 Å². The zero-order chi connectivity index (χ0) is 20.6.